The first-order valence-electron chi connectivity index (χ1n) is 8.52. The number of nitro benzene ring substituents is 1. The average Bonchev–Trinajstić information content (AvgIpc) is 2.97. The topological polar surface area (TPSA) is 110 Å². The molecule has 0 bridgehead atoms. The molecule has 0 saturated carbocycles. The molecule has 8 nitrogen and oxygen atoms in total. The summed E-state index contributed by atoms with van der Waals surface area (Å²) in [7, 11) is 1.47. The summed E-state index contributed by atoms with van der Waals surface area (Å²) in [5, 5.41) is 21.7. The predicted octanol–water partition coefficient (Wildman–Crippen LogP) is 2.66. The maximum Gasteiger partial charge on any atom is 0.295 e. The molecule has 1 fully saturated rings. The summed E-state index contributed by atoms with van der Waals surface area (Å²) in [6, 6.07) is 13.1. The van der Waals surface area contributed by atoms with E-state index >= 15 is 0 Å². The number of carbonyl (C=O) groups excluding carboxylic acids is 2. The Morgan fingerprint density at radius 2 is 1.79 bits per heavy atom. The lowest BCUT2D eigenvalue weighted by Crippen LogP contribution is -2.32. The molecule has 2 aromatic rings. The number of methoxy groups -OCH3 is 1. The maximum absolute atomic E-state index is 12.7. The van der Waals surface area contributed by atoms with Gasteiger partial charge in [0.2, 0.25) is 0 Å². The Morgan fingerprint density at radius 1 is 1.14 bits per heavy atom. The van der Waals surface area contributed by atoms with Gasteiger partial charge in [-0.1, -0.05) is 30.3 Å². The van der Waals surface area contributed by atoms with Crippen LogP contribution >= 0.6 is 0 Å². The Kier molecular flexibility index (Phi) is 5.51. The van der Waals surface area contributed by atoms with Crippen molar-refractivity contribution in [3.63, 3.8) is 0 Å². The lowest BCUT2D eigenvalue weighted by atomic mass is 9.95. The third-order valence-corrected chi connectivity index (χ3v) is 4.54. The van der Waals surface area contributed by atoms with E-state index in [1.807, 2.05) is 0 Å². The second kappa shape index (κ2) is 8.01. The molecular formula is C20H18N2O6. The molecule has 1 saturated heterocycles. The molecule has 1 heterocycles. The molecule has 1 atom stereocenters. The van der Waals surface area contributed by atoms with Crippen LogP contribution in [0.15, 0.2) is 60.2 Å². The highest BCUT2D eigenvalue weighted by Crippen LogP contribution is 2.39. The van der Waals surface area contributed by atoms with E-state index in [9.17, 15) is 24.8 Å². The van der Waals surface area contributed by atoms with Gasteiger partial charge < -0.3 is 14.7 Å². The fourth-order valence-electron chi connectivity index (χ4n) is 3.18. The normalized spacial score (nSPS) is 18.5. The van der Waals surface area contributed by atoms with Crippen LogP contribution in [0.5, 0.6) is 0 Å². The number of non-ortho nitro benzene ring substituents is 1. The number of likely N-dealkylation sites (tertiary alicyclic amines) is 1. The monoisotopic (exact) mass is 382 g/mol. The highest BCUT2D eigenvalue weighted by atomic mass is 16.6. The Balaban J connectivity index is 2.14. The number of nitro groups is 1. The molecule has 0 aliphatic carbocycles. The van der Waals surface area contributed by atoms with Gasteiger partial charge in [-0.15, -0.1) is 0 Å². The number of aliphatic hydroxyl groups is 1. The molecule has 144 valence electrons. The van der Waals surface area contributed by atoms with Crippen LogP contribution in [0.3, 0.4) is 0 Å². The molecule has 1 aliphatic heterocycles. The van der Waals surface area contributed by atoms with Gasteiger partial charge in [-0.05, 0) is 17.7 Å². The summed E-state index contributed by atoms with van der Waals surface area (Å²) in [5.74, 6) is -1.85. The minimum atomic E-state index is -0.865. The third-order valence-electron chi connectivity index (χ3n) is 4.54. The number of hydrogen-bond donors (Lipinski definition) is 1. The minimum absolute atomic E-state index is 0.0545. The molecule has 0 unspecified atom stereocenters. The van der Waals surface area contributed by atoms with Crippen LogP contribution in [-0.2, 0) is 14.3 Å². The lowest BCUT2D eigenvalue weighted by Gasteiger charge is -2.25. The summed E-state index contributed by atoms with van der Waals surface area (Å²) >= 11 is 0. The fraction of sp³-hybridized carbons (Fsp3) is 0.200. The van der Waals surface area contributed by atoms with Gasteiger partial charge in [0.25, 0.3) is 17.4 Å². The smallest absolute Gasteiger partial charge is 0.295 e. The minimum Gasteiger partial charge on any atom is -0.507 e. The highest BCUT2D eigenvalue weighted by molar-refractivity contribution is 6.46. The van der Waals surface area contributed by atoms with Gasteiger partial charge in [-0.3, -0.25) is 19.7 Å². The van der Waals surface area contributed by atoms with E-state index in [0.29, 0.717) is 11.1 Å². The number of carbonyl (C=O) groups is 2. The Labute approximate surface area is 160 Å². The molecule has 1 N–H and O–H groups in total. The van der Waals surface area contributed by atoms with Crippen LogP contribution in [0, 0.1) is 10.1 Å². The van der Waals surface area contributed by atoms with Crippen LogP contribution in [0.1, 0.15) is 17.2 Å². The van der Waals surface area contributed by atoms with Gasteiger partial charge in [-0.2, -0.15) is 0 Å². The molecular weight excluding hydrogens is 364 g/mol. The van der Waals surface area contributed by atoms with E-state index in [1.165, 1.54) is 36.3 Å². The fourth-order valence-corrected chi connectivity index (χ4v) is 3.18. The number of nitrogens with zero attached hydrogens (tertiary/aromatic N) is 2. The van der Waals surface area contributed by atoms with E-state index in [0.717, 1.165) is 0 Å². The van der Waals surface area contributed by atoms with Crippen molar-refractivity contribution in [2.75, 3.05) is 20.3 Å². The van der Waals surface area contributed by atoms with Crippen molar-refractivity contribution in [1.82, 2.24) is 4.90 Å². The zero-order valence-electron chi connectivity index (χ0n) is 15.1. The second-order valence-electron chi connectivity index (χ2n) is 6.20. The van der Waals surface area contributed by atoms with Crippen LogP contribution < -0.4 is 0 Å². The predicted molar refractivity (Wildman–Crippen MR) is 100 cm³/mol. The van der Waals surface area contributed by atoms with Crippen molar-refractivity contribution in [3.8, 4) is 0 Å². The molecule has 0 aromatic heterocycles. The molecule has 1 amide bonds. The Morgan fingerprint density at radius 3 is 2.36 bits per heavy atom. The van der Waals surface area contributed by atoms with E-state index in [2.05, 4.69) is 0 Å². The molecule has 0 radical (unpaired) electrons. The molecule has 1 aliphatic rings. The van der Waals surface area contributed by atoms with E-state index in [-0.39, 0.29) is 30.2 Å². The number of aliphatic hydroxyl groups excluding tert-OH is 1. The van der Waals surface area contributed by atoms with Gasteiger partial charge in [0.05, 0.1) is 23.1 Å². The van der Waals surface area contributed by atoms with E-state index in [1.54, 1.807) is 30.3 Å². The number of benzene rings is 2. The number of Topliss-reactive ketones (excluding diaryl/α,β-unsaturated/α-hetero) is 1. The van der Waals surface area contributed by atoms with Crippen molar-refractivity contribution in [1.29, 1.82) is 0 Å². The average molecular weight is 382 g/mol. The van der Waals surface area contributed by atoms with Gasteiger partial charge in [0.15, 0.2) is 0 Å². The van der Waals surface area contributed by atoms with Crippen molar-refractivity contribution in [3.05, 3.63) is 81.4 Å². The zero-order valence-corrected chi connectivity index (χ0v) is 15.1. The van der Waals surface area contributed by atoms with Gasteiger partial charge in [-0.25, -0.2) is 0 Å². The van der Waals surface area contributed by atoms with Gasteiger partial charge in [0, 0.05) is 31.4 Å². The van der Waals surface area contributed by atoms with Crippen molar-refractivity contribution < 1.29 is 24.4 Å². The Bertz CT molecular complexity index is 937. The molecule has 3 rings (SSSR count). The molecule has 0 spiro atoms. The number of amides is 1. The summed E-state index contributed by atoms with van der Waals surface area (Å²) in [5.41, 5.74) is 0.722. The summed E-state index contributed by atoms with van der Waals surface area (Å²) < 4.78 is 5.03. The first-order valence-corrected chi connectivity index (χ1v) is 8.52. The first-order chi connectivity index (χ1) is 13.5. The van der Waals surface area contributed by atoms with E-state index in [4.69, 9.17) is 4.74 Å². The summed E-state index contributed by atoms with van der Waals surface area (Å²) in [4.78, 5) is 37.0. The quantitative estimate of drug-likeness (QED) is 0.270. The van der Waals surface area contributed by atoms with Crippen LogP contribution in [-0.4, -0.2) is 46.9 Å². The zero-order chi connectivity index (χ0) is 20.3. The first kappa shape index (κ1) is 19.2. The van der Waals surface area contributed by atoms with Crippen LogP contribution in [0.4, 0.5) is 5.69 Å². The molecule has 28 heavy (non-hydrogen) atoms. The number of rotatable bonds is 6. The summed E-state index contributed by atoms with van der Waals surface area (Å²) in [6.07, 6.45) is 0. The summed E-state index contributed by atoms with van der Waals surface area (Å²) in [6.45, 7) is 0.330. The number of ether oxygens (including phenoxy) is 1. The van der Waals surface area contributed by atoms with Crippen molar-refractivity contribution >= 4 is 23.1 Å². The second-order valence-corrected chi connectivity index (χ2v) is 6.20. The largest absolute Gasteiger partial charge is 0.507 e. The van der Waals surface area contributed by atoms with Gasteiger partial charge >= 0.3 is 0 Å². The number of ketones is 1. The van der Waals surface area contributed by atoms with Crippen molar-refractivity contribution in [2.45, 2.75) is 6.04 Å². The van der Waals surface area contributed by atoms with Gasteiger partial charge in [0.1, 0.15) is 5.76 Å². The molecule has 2 aromatic carbocycles. The molecule has 8 heteroatoms. The van der Waals surface area contributed by atoms with Crippen LogP contribution in [0.2, 0.25) is 0 Å². The van der Waals surface area contributed by atoms with E-state index < -0.39 is 22.7 Å². The maximum atomic E-state index is 12.7. The SMILES string of the molecule is COCCN1C(=O)C(=O)C(=C(O)c2ccccc2)[C@H]1c1ccc([N+](=O)[O-])cc1. The lowest BCUT2D eigenvalue weighted by molar-refractivity contribution is -0.384. The van der Waals surface area contributed by atoms with Crippen molar-refractivity contribution in [2.24, 2.45) is 0 Å². The third kappa shape index (κ3) is 3.49. The standard InChI is InChI=1S/C20H18N2O6/c1-28-12-11-21-17(13-7-9-15(10-8-13)22(26)27)16(19(24)20(21)25)18(23)14-5-3-2-4-6-14/h2-10,17,23H,11-12H2,1H3/t17-/m1/s1. The Hall–Kier alpha value is -3.52. The van der Waals surface area contributed by atoms with Crippen LogP contribution in [0.25, 0.3) is 5.76 Å². The highest BCUT2D eigenvalue weighted by Gasteiger charge is 2.45. The number of hydrogen-bond acceptors (Lipinski definition) is 6.